The third-order valence-electron chi connectivity index (χ3n) is 5.60. The Morgan fingerprint density at radius 3 is 2.50 bits per heavy atom. The fourth-order valence-electron chi connectivity index (χ4n) is 4.21. The number of carbonyl (C=O) groups excluding carboxylic acids is 1. The summed E-state index contributed by atoms with van der Waals surface area (Å²) in [5, 5.41) is 4.56. The van der Waals surface area contributed by atoms with E-state index < -0.39 is 0 Å². The lowest BCUT2D eigenvalue weighted by Gasteiger charge is -2.31. The van der Waals surface area contributed by atoms with Gasteiger partial charge in [-0.3, -0.25) is 9.36 Å². The van der Waals surface area contributed by atoms with E-state index >= 15 is 0 Å². The van der Waals surface area contributed by atoms with E-state index in [0.717, 1.165) is 31.5 Å². The number of rotatable bonds is 3. The van der Waals surface area contributed by atoms with Gasteiger partial charge in [-0.15, -0.1) is 11.3 Å². The van der Waals surface area contributed by atoms with Crippen LogP contribution in [0.3, 0.4) is 0 Å². The molecule has 4 rings (SSSR count). The van der Waals surface area contributed by atoms with Crippen LogP contribution in [0.1, 0.15) is 66.0 Å². The second-order valence-corrected chi connectivity index (χ2v) is 8.96. The fourth-order valence-corrected chi connectivity index (χ4v) is 5.22. The van der Waals surface area contributed by atoms with Gasteiger partial charge in [0, 0.05) is 32.1 Å². The molecule has 6 nitrogen and oxygen atoms in total. The summed E-state index contributed by atoms with van der Waals surface area (Å²) >= 11 is 7.27. The predicted octanol–water partition coefficient (Wildman–Crippen LogP) is 3.43. The van der Waals surface area contributed by atoms with Crippen LogP contribution in [-0.2, 0) is 7.05 Å². The standard InChI is InChI=1S/C18H23ClN4O2S/c1-21-18(25)23(13-4-2-3-5-13)16(20-21)12-8-10-22(11-9-12)17(24)14-6-7-15(19)26-14/h6-7,12-13H,2-5,8-11H2,1H3. The minimum absolute atomic E-state index is 0.00127. The molecule has 2 fully saturated rings. The van der Waals surface area contributed by atoms with Gasteiger partial charge in [0.2, 0.25) is 0 Å². The van der Waals surface area contributed by atoms with Gasteiger partial charge in [-0.05, 0) is 37.8 Å². The molecule has 2 aliphatic rings. The average Bonchev–Trinajstić information content (AvgIpc) is 3.37. The number of aryl methyl sites for hydroxylation is 1. The number of carbonyl (C=O) groups is 1. The van der Waals surface area contributed by atoms with Crippen LogP contribution in [0.4, 0.5) is 0 Å². The number of halogens is 1. The van der Waals surface area contributed by atoms with Gasteiger partial charge in [-0.25, -0.2) is 9.48 Å². The molecule has 0 unspecified atom stereocenters. The maximum absolute atomic E-state index is 12.6. The number of amides is 1. The first-order valence-electron chi connectivity index (χ1n) is 9.24. The summed E-state index contributed by atoms with van der Waals surface area (Å²) in [6.07, 6.45) is 6.18. The van der Waals surface area contributed by atoms with E-state index in [9.17, 15) is 9.59 Å². The summed E-state index contributed by atoms with van der Waals surface area (Å²) in [5.74, 6) is 1.20. The van der Waals surface area contributed by atoms with E-state index in [0.29, 0.717) is 28.3 Å². The third-order valence-corrected chi connectivity index (χ3v) is 6.82. The van der Waals surface area contributed by atoms with Crippen molar-refractivity contribution in [3.05, 3.63) is 37.7 Å². The zero-order chi connectivity index (χ0) is 18.3. The quantitative estimate of drug-likeness (QED) is 0.801. The van der Waals surface area contributed by atoms with Crippen LogP contribution in [-0.4, -0.2) is 38.2 Å². The van der Waals surface area contributed by atoms with Crippen molar-refractivity contribution in [3.63, 3.8) is 0 Å². The van der Waals surface area contributed by atoms with Gasteiger partial charge < -0.3 is 4.90 Å². The van der Waals surface area contributed by atoms with Gasteiger partial charge in [0.05, 0.1) is 9.21 Å². The van der Waals surface area contributed by atoms with Gasteiger partial charge in [0.15, 0.2) is 0 Å². The van der Waals surface area contributed by atoms with Crippen LogP contribution >= 0.6 is 22.9 Å². The van der Waals surface area contributed by atoms with Gasteiger partial charge in [0.1, 0.15) is 5.82 Å². The predicted molar refractivity (Wildman–Crippen MR) is 102 cm³/mol. The zero-order valence-corrected chi connectivity index (χ0v) is 16.4. The van der Waals surface area contributed by atoms with Crippen molar-refractivity contribution in [2.75, 3.05) is 13.1 Å². The molecule has 0 bridgehead atoms. The van der Waals surface area contributed by atoms with E-state index in [1.165, 1.54) is 28.9 Å². The van der Waals surface area contributed by atoms with E-state index in [2.05, 4.69) is 5.10 Å². The Hall–Kier alpha value is -1.60. The zero-order valence-electron chi connectivity index (χ0n) is 14.9. The molecule has 26 heavy (non-hydrogen) atoms. The first-order valence-corrected chi connectivity index (χ1v) is 10.4. The molecule has 0 radical (unpaired) electrons. The topological polar surface area (TPSA) is 60.1 Å². The molecular weight excluding hydrogens is 372 g/mol. The molecular formula is C18H23ClN4O2S. The SMILES string of the molecule is Cn1nc(C2CCN(C(=O)c3ccc(Cl)s3)CC2)n(C2CCCC2)c1=O. The van der Waals surface area contributed by atoms with E-state index in [1.807, 2.05) is 9.47 Å². The normalized spacial score (nSPS) is 19.4. The van der Waals surface area contributed by atoms with E-state index in [1.54, 1.807) is 19.2 Å². The molecule has 0 atom stereocenters. The molecule has 0 spiro atoms. The lowest BCUT2D eigenvalue weighted by molar-refractivity contribution is 0.0714. The maximum atomic E-state index is 12.6. The number of hydrogen-bond acceptors (Lipinski definition) is 4. The Morgan fingerprint density at radius 2 is 1.88 bits per heavy atom. The maximum Gasteiger partial charge on any atom is 0.345 e. The van der Waals surface area contributed by atoms with Crippen LogP contribution in [0.2, 0.25) is 4.34 Å². The van der Waals surface area contributed by atoms with Gasteiger partial charge >= 0.3 is 5.69 Å². The first-order chi connectivity index (χ1) is 12.5. The molecule has 8 heteroatoms. The monoisotopic (exact) mass is 394 g/mol. The third kappa shape index (κ3) is 3.22. The highest BCUT2D eigenvalue weighted by Gasteiger charge is 2.31. The van der Waals surface area contributed by atoms with Crippen molar-refractivity contribution in [2.45, 2.75) is 50.5 Å². The molecule has 0 aromatic carbocycles. The Morgan fingerprint density at radius 1 is 1.19 bits per heavy atom. The summed E-state index contributed by atoms with van der Waals surface area (Å²) < 4.78 is 4.05. The largest absolute Gasteiger partial charge is 0.345 e. The van der Waals surface area contributed by atoms with E-state index in [-0.39, 0.29) is 17.5 Å². The molecule has 0 N–H and O–H groups in total. The molecule has 1 aliphatic carbocycles. The van der Waals surface area contributed by atoms with Gasteiger partial charge in [-0.2, -0.15) is 5.10 Å². The van der Waals surface area contributed by atoms with Crippen LogP contribution in [0.15, 0.2) is 16.9 Å². The van der Waals surface area contributed by atoms with Gasteiger partial charge in [-0.1, -0.05) is 24.4 Å². The number of piperidine rings is 1. The number of aromatic nitrogens is 3. The van der Waals surface area contributed by atoms with Crippen LogP contribution < -0.4 is 5.69 Å². The van der Waals surface area contributed by atoms with Crippen molar-refractivity contribution in [2.24, 2.45) is 7.05 Å². The second-order valence-electron chi connectivity index (χ2n) is 7.24. The molecule has 140 valence electrons. The van der Waals surface area contributed by atoms with Gasteiger partial charge in [0.25, 0.3) is 5.91 Å². The summed E-state index contributed by atoms with van der Waals surface area (Å²) in [5.41, 5.74) is -0.00127. The number of hydrogen-bond donors (Lipinski definition) is 0. The van der Waals surface area contributed by atoms with Crippen molar-refractivity contribution in [1.82, 2.24) is 19.2 Å². The summed E-state index contributed by atoms with van der Waals surface area (Å²) in [7, 11) is 1.73. The minimum atomic E-state index is -0.00127. The Balaban J connectivity index is 1.49. The van der Waals surface area contributed by atoms with Crippen LogP contribution in [0, 0.1) is 0 Å². The summed E-state index contributed by atoms with van der Waals surface area (Å²) in [6, 6.07) is 3.84. The summed E-state index contributed by atoms with van der Waals surface area (Å²) in [6.45, 7) is 1.38. The Kier molecular flexibility index (Phi) is 4.92. The van der Waals surface area contributed by atoms with Crippen molar-refractivity contribution in [1.29, 1.82) is 0 Å². The molecule has 1 saturated carbocycles. The lowest BCUT2D eigenvalue weighted by atomic mass is 9.95. The highest BCUT2D eigenvalue weighted by atomic mass is 35.5. The summed E-state index contributed by atoms with van der Waals surface area (Å²) in [4.78, 5) is 27.7. The Bertz CT molecular complexity index is 857. The fraction of sp³-hybridized carbons (Fsp3) is 0.611. The smallest absolute Gasteiger partial charge is 0.338 e. The number of nitrogens with zero attached hydrogens (tertiary/aromatic N) is 4. The van der Waals surface area contributed by atoms with Crippen LogP contribution in [0.5, 0.6) is 0 Å². The molecule has 1 saturated heterocycles. The lowest BCUT2D eigenvalue weighted by Crippen LogP contribution is -2.38. The average molecular weight is 395 g/mol. The van der Waals surface area contributed by atoms with Crippen LogP contribution in [0.25, 0.3) is 0 Å². The molecule has 2 aromatic heterocycles. The Labute approximate surface area is 161 Å². The van der Waals surface area contributed by atoms with Crippen molar-refractivity contribution >= 4 is 28.8 Å². The number of likely N-dealkylation sites (tertiary alicyclic amines) is 1. The highest BCUT2D eigenvalue weighted by molar-refractivity contribution is 7.17. The van der Waals surface area contributed by atoms with Crippen molar-refractivity contribution in [3.8, 4) is 0 Å². The number of thiophene rings is 1. The highest BCUT2D eigenvalue weighted by Crippen LogP contribution is 2.34. The molecule has 3 heterocycles. The molecule has 1 amide bonds. The first kappa shape index (κ1) is 17.8. The minimum Gasteiger partial charge on any atom is -0.338 e. The van der Waals surface area contributed by atoms with E-state index in [4.69, 9.17) is 11.6 Å². The molecule has 1 aliphatic heterocycles. The van der Waals surface area contributed by atoms with Crippen molar-refractivity contribution < 1.29 is 4.79 Å². The second kappa shape index (κ2) is 7.19. The molecule has 2 aromatic rings.